The minimum atomic E-state index is 0.667. The van der Waals surface area contributed by atoms with Crippen LogP contribution in [0.3, 0.4) is 0 Å². The Kier molecular flexibility index (Phi) is 3.79. The molecule has 17 heavy (non-hydrogen) atoms. The van der Waals surface area contributed by atoms with Gasteiger partial charge in [-0.15, -0.1) is 0 Å². The molecule has 0 aliphatic heterocycles. The summed E-state index contributed by atoms with van der Waals surface area (Å²) in [5.74, 6) is 0.667. The highest BCUT2D eigenvalue weighted by molar-refractivity contribution is 5.81. The van der Waals surface area contributed by atoms with Crippen LogP contribution in [0.25, 0.3) is 10.9 Å². The van der Waals surface area contributed by atoms with Crippen molar-refractivity contribution in [3.05, 3.63) is 30.0 Å². The van der Waals surface area contributed by atoms with E-state index in [1.165, 1.54) is 23.0 Å². The van der Waals surface area contributed by atoms with Crippen molar-refractivity contribution in [3.63, 3.8) is 0 Å². The van der Waals surface area contributed by atoms with Crippen LogP contribution in [0.2, 0.25) is 0 Å². The van der Waals surface area contributed by atoms with Gasteiger partial charge in [0.25, 0.3) is 0 Å². The van der Waals surface area contributed by atoms with Crippen molar-refractivity contribution < 1.29 is 0 Å². The molecule has 0 radical (unpaired) electrons. The molecule has 0 amide bonds. The van der Waals surface area contributed by atoms with E-state index in [0.29, 0.717) is 5.92 Å². The van der Waals surface area contributed by atoms with Crippen molar-refractivity contribution in [1.29, 1.82) is 0 Å². The molecule has 0 spiro atoms. The third-order valence-electron chi connectivity index (χ3n) is 3.26. The maximum Gasteiger partial charge on any atom is 0.0705 e. The van der Waals surface area contributed by atoms with Gasteiger partial charge in [0.2, 0.25) is 0 Å². The number of benzene rings is 1. The molecule has 0 bridgehead atoms. The number of para-hydroxylation sites is 1. The lowest BCUT2D eigenvalue weighted by molar-refractivity contribution is 0.507. The summed E-state index contributed by atoms with van der Waals surface area (Å²) >= 11 is 0. The van der Waals surface area contributed by atoms with Crippen LogP contribution in [-0.2, 0) is 13.5 Å². The average molecular weight is 231 g/mol. The van der Waals surface area contributed by atoms with Gasteiger partial charge in [-0.25, -0.2) is 0 Å². The molecule has 3 nitrogen and oxygen atoms in total. The maximum absolute atomic E-state index is 4.63. The molecule has 0 aliphatic carbocycles. The second-order valence-corrected chi connectivity index (χ2v) is 4.79. The van der Waals surface area contributed by atoms with Gasteiger partial charge in [0.05, 0.1) is 11.2 Å². The van der Waals surface area contributed by atoms with Gasteiger partial charge in [-0.1, -0.05) is 25.1 Å². The molecular weight excluding hydrogens is 210 g/mol. The first kappa shape index (κ1) is 12.1. The highest BCUT2D eigenvalue weighted by Gasteiger charge is 2.11. The lowest BCUT2D eigenvalue weighted by atomic mass is 10.00. The van der Waals surface area contributed by atoms with Crippen LogP contribution >= 0.6 is 0 Å². The second kappa shape index (κ2) is 5.32. The molecule has 2 aromatic rings. The predicted molar refractivity (Wildman–Crippen MR) is 72.1 cm³/mol. The predicted octanol–water partition coefficient (Wildman–Crippen LogP) is 2.36. The van der Waals surface area contributed by atoms with Gasteiger partial charge in [0.15, 0.2) is 0 Å². The molecule has 0 saturated carbocycles. The molecule has 1 N–H and O–H groups in total. The SMILES string of the molecule is CNCCC(C)Cc1nn(C)c2ccccc12. The molecule has 1 heterocycles. The van der Waals surface area contributed by atoms with E-state index >= 15 is 0 Å². The van der Waals surface area contributed by atoms with Gasteiger partial charge < -0.3 is 5.32 Å². The van der Waals surface area contributed by atoms with Crippen molar-refractivity contribution in [2.45, 2.75) is 19.8 Å². The van der Waals surface area contributed by atoms with E-state index in [-0.39, 0.29) is 0 Å². The fourth-order valence-corrected chi connectivity index (χ4v) is 2.26. The zero-order valence-electron chi connectivity index (χ0n) is 10.9. The first-order valence-electron chi connectivity index (χ1n) is 6.27. The van der Waals surface area contributed by atoms with Gasteiger partial charge in [-0.3, -0.25) is 4.68 Å². The average Bonchev–Trinajstić information content (AvgIpc) is 2.65. The van der Waals surface area contributed by atoms with Crippen LogP contribution in [0.1, 0.15) is 19.0 Å². The number of nitrogens with zero attached hydrogens (tertiary/aromatic N) is 2. The Morgan fingerprint density at radius 1 is 1.35 bits per heavy atom. The number of fused-ring (bicyclic) bond motifs is 1. The first-order valence-corrected chi connectivity index (χ1v) is 6.27. The smallest absolute Gasteiger partial charge is 0.0705 e. The van der Waals surface area contributed by atoms with E-state index in [9.17, 15) is 0 Å². The summed E-state index contributed by atoms with van der Waals surface area (Å²) in [4.78, 5) is 0. The molecule has 1 unspecified atom stereocenters. The van der Waals surface area contributed by atoms with Crippen LogP contribution in [0.4, 0.5) is 0 Å². The quantitative estimate of drug-likeness (QED) is 0.856. The largest absolute Gasteiger partial charge is 0.320 e. The van der Waals surface area contributed by atoms with E-state index < -0.39 is 0 Å². The molecular formula is C14H21N3. The Morgan fingerprint density at radius 2 is 2.12 bits per heavy atom. The molecule has 1 atom stereocenters. The third-order valence-corrected chi connectivity index (χ3v) is 3.26. The molecule has 0 saturated heterocycles. The Bertz CT molecular complexity index is 487. The number of hydrogen-bond acceptors (Lipinski definition) is 2. The Morgan fingerprint density at radius 3 is 2.88 bits per heavy atom. The van der Waals surface area contributed by atoms with Crippen molar-refractivity contribution in [1.82, 2.24) is 15.1 Å². The van der Waals surface area contributed by atoms with Crippen LogP contribution in [-0.4, -0.2) is 23.4 Å². The second-order valence-electron chi connectivity index (χ2n) is 4.79. The lowest BCUT2D eigenvalue weighted by Gasteiger charge is -2.08. The van der Waals surface area contributed by atoms with Crippen LogP contribution in [0, 0.1) is 5.92 Å². The van der Waals surface area contributed by atoms with E-state index in [1.54, 1.807) is 0 Å². The molecule has 2 rings (SSSR count). The van der Waals surface area contributed by atoms with Crippen molar-refractivity contribution >= 4 is 10.9 Å². The third kappa shape index (κ3) is 2.67. The molecule has 1 aromatic heterocycles. The fraction of sp³-hybridized carbons (Fsp3) is 0.500. The summed E-state index contributed by atoms with van der Waals surface area (Å²) in [6, 6.07) is 8.45. The summed E-state index contributed by atoms with van der Waals surface area (Å²) in [6.07, 6.45) is 2.25. The Balaban J connectivity index is 2.18. The number of nitrogens with one attached hydrogen (secondary N) is 1. The number of rotatable bonds is 5. The van der Waals surface area contributed by atoms with Gasteiger partial charge in [0.1, 0.15) is 0 Å². The minimum absolute atomic E-state index is 0.667. The highest BCUT2D eigenvalue weighted by Crippen LogP contribution is 2.20. The van der Waals surface area contributed by atoms with E-state index in [0.717, 1.165) is 13.0 Å². The van der Waals surface area contributed by atoms with Crippen molar-refractivity contribution in [2.24, 2.45) is 13.0 Å². The zero-order valence-corrected chi connectivity index (χ0v) is 10.9. The van der Waals surface area contributed by atoms with Gasteiger partial charge in [0, 0.05) is 12.4 Å². The Labute approximate surface area is 103 Å². The first-order chi connectivity index (χ1) is 8.22. The van der Waals surface area contributed by atoms with E-state index in [4.69, 9.17) is 0 Å². The summed E-state index contributed by atoms with van der Waals surface area (Å²) in [7, 11) is 4.02. The molecule has 0 fully saturated rings. The van der Waals surface area contributed by atoms with Crippen LogP contribution in [0.15, 0.2) is 24.3 Å². The molecule has 1 aromatic carbocycles. The summed E-state index contributed by atoms with van der Waals surface area (Å²) in [6.45, 7) is 3.37. The summed E-state index contributed by atoms with van der Waals surface area (Å²) < 4.78 is 1.98. The van der Waals surface area contributed by atoms with Gasteiger partial charge in [-0.2, -0.15) is 5.10 Å². The lowest BCUT2D eigenvalue weighted by Crippen LogP contribution is -2.13. The van der Waals surface area contributed by atoms with Crippen LogP contribution in [0.5, 0.6) is 0 Å². The number of aromatic nitrogens is 2. The summed E-state index contributed by atoms with van der Waals surface area (Å²) in [5.41, 5.74) is 2.45. The monoisotopic (exact) mass is 231 g/mol. The normalized spacial score (nSPS) is 13.1. The van der Waals surface area contributed by atoms with Crippen molar-refractivity contribution in [3.8, 4) is 0 Å². The molecule has 3 heteroatoms. The summed E-state index contributed by atoms with van der Waals surface area (Å²) in [5, 5.41) is 9.13. The van der Waals surface area contributed by atoms with E-state index in [2.05, 4.69) is 41.6 Å². The minimum Gasteiger partial charge on any atom is -0.320 e. The highest BCUT2D eigenvalue weighted by atomic mass is 15.3. The van der Waals surface area contributed by atoms with Gasteiger partial charge in [-0.05, 0) is 38.4 Å². The van der Waals surface area contributed by atoms with E-state index in [1.807, 2.05) is 18.8 Å². The zero-order chi connectivity index (χ0) is 12.3. The van der Waals surface area contributed by atoms with Gasteiger partial charge >= 0.3 is 0 Å². The fourth-order valence-electron chi connectivity index (χ4n) is 2.26. The number of aryl methyl sites for hydroxylation is 1. The maximum atomic E-state index is 4.63. The molecule has 0 aliphatic rings. The molecule has 92 valence electrons. The Hall–Kier alpha value is -1.35. The number of hydrogen-bond donors (Lipinski definition) is 1. The topological polar surface area (TPSA) is 29.9 Å². The van der Waals surface area contributed by atoms with Crippen LogP contribution < -0.4 is 5.32 Å². The standard InChI is InChI=1S/C14H21N3/c1-11(8-9-15-2)10-13-12-6-4-5-7-14(12)17(3)16-13/h4-7,11,15H,8-10H2,1-3H3. The van der Waals surface area contributed by atoms with Crippen molar-refractivity contribution in [2.75, 3.05) is 13.6 Å².